The van der Waals surface area contributed by atoms with Crippen LogP contribution in [0.3, 0.4) is 0 Å². The van der Waals surface area contributed by atoms with Crippen molar-refractivity contribution in [3.8, 4) is 21.7 Å². The molecule has 4 rings (SSSR count). The van der Waals surface area contributed by atoms with E-state index in [4.69, 9.17) is 0 Å². The molecule has 40 heavy (non-hydrogen) atoms. The summed E-state index contributed by atoms with van der Waals surface area (Å²) in [4.78, 5) is 17.7. The Morgan fingerprint density at radius 2 is 1.52 bits per heavy atom. The molecule has 0 amide bonds. The van der Waals surface area contributed by atoms with Gasteiger partial charge in [0.2, 0.25) is 0 Å². The zero-order valence-corrected chi connectivity index (χ0v) is 28.0. The molecule has 2 aromatic carbocycles. The van der Waals surface area contributed by atoms with Crippen molar-refractivity contribution in [3.05, 3.63) is 89.3 Å². The summed E-state index contributed by atoms with van der Waals surface area (Å²) in [6, 6.07) is 20.8. The number of thiophene rings is 1. The molecule has 2 aromatic heterocycles. The van der Waals surface area contributed by atoms with Crippen molar-refractivity contribution in [1.29, 1.82) is 0 Å². The minimum Gasteiger partial charge on any atom is -0.512 e. The molecule has 0 unspecified atom stereocenters. The fraction of sp³-hybridized carbons (Fsp3) is 0.371. The summed E-state index contributed by atoms with van der Waals surface area (Å²) in [7, 11) is 0. The molecule has 2 heterocycles. The maximum absolute atomic E-state index is 11.7. The Morgan fingerprint density at radius 3 is 2.10 bits per heavy atom. The van der Waals surface area contributed by atoms with Crippen molar-refractivity contribution in [2.45, 2.75) is 74.1 Å². The number of aryl methyl sites for hydroxylation is 3. The van der Waals surface area contributed by atoms with E-state index < -0.39 is 0 Å². The molecule has 0 saturated heterocycles. The van der Waals surface area contributed by atoms with Gasteiger partial charge in [0.05, 0.1) is 10.5 Å². The van der Waals surface area contributed by atoms with Crippen molar-refractivity contribution >= 4 is 27.2 Å². The van der Waals surface area contributed by atoms with Crippen molar-refractivity contribution in [2.75, 3.05) is 0 Å². The maximum atomic E-state index is 11.7. The van der Waals surface area contributed by atoms with E-state index in [0.717, 1.165) is 42.5 Å². The van der Waals surface area contributed by atoms with Gasteiger partial charge in [-0.25, -0.2) is 0 Å². The topological polar surface area (TPSA) is 50.2 Å². The molecule has 3 nitrogen and oxygen atoms in total. The van der Waals surface area contributed by atoms with Gasteiger partial charge in [-0.1, -0.05) is 77.4 Å². The average molecular weight is 733 g/mol. The molecule has 1 radical (unpaired) electrons. The first-order chi connectivity index (χ1) is 18.7. The van der Waals surface area contributed by atoms with Crippen LogP contribution in [0, 0.1) is 38.7 Å². The third-order valence-electron chi connectivity index (χ3n) is 7.25. The number of benzene rings is 2. The number of hydrogen-bond acceptors (Lipinski definition) is 4. The van der Waals surface area contributed by atoms with E-state index in [2.05, 4.69) is 80.4 Å². The fourth-order valence-electron chi connectivity index (χ4n) is 4.77. The number of fused-ring (bicyclic) bond motifs is 1. The van der Waals surface area contributed by atoms with Crippen molar-refractivity contribution < 1.29 is 30.0 Å². The minimum absolute atomic E-state index is 0. The molecule has 0 spiro atoms. The number of allylic oxidation sites excluding steroid dienone is 2. The van der Waals surface area contributed by atoms with Gasteiger partial charge in [-0.15, -0.1) is 46.2 Å². The number of pyridine rings is 1. The van der Waals surface area contributed by atoms with Crippen molar-refractivity contribution in [2.24, 2.45) is 11.8 Å². The van der Waals surface area contributed by atoms with E-state index in [1.54, 1.807) is 11.3 Å². The molecule has 0 aliphatic carbocycles. The van der Waals surface area contributed by atoms with E-state index in [9.17, 15) is 9.90 Å². The van der Waals surface area contributed by atoms with Crippen LogP contribution < -0.4 is 0 Å². The van der Waals surface area contributed by atoms with Gasteiger partial charge in [0, 0.05) is 49.1 Å². The first-order valence-corrected chi connectivity index (χ1v) is 14.9. The molecule has 4 aromatic rings. The molecule has 0 fully saturated rings. The Bertz CT molecular complexity index is 1390. The van der Waals surface area contributed by atoms with Crippen LogP contribution in [-0.2, 0) is 24.9 Å². The van der Waals surface area contributed by atoms with Crippen LogP contribution in [0.5, 0.6) is 0 Å². The van der Waals surface area contributed by atoms with Gasteiger partial charge in [0.1, 0.15) is 0 Å². The zero-order valence-electron chi connectivity index (χ0n) is 24.8. The monoisotopic (exact) mass is 733 g/mol. The number of aromatic nitrogens is 1. The second kappa shape index (κ2) is 16.0. The Hall–Kier alpha value is -2.59. The third-order valence-corrected chi connectivity index (χ3v) is 8.38. The number of hydrogen-bond donors (Lipinski definition) is 1. The molecule has 5 heteroatoms. The standard InChI is InChI=1S/C22H18NS.C13H24O2.Ir/c1-14-4-6-17(7-5-14)21-12-19-11-20(23-13-22(19)24-21)18-9-15(2)8-16(3)10-18;1-5-10(6-2)12(14)9-13(15)11(7-3)8-4;/h4-9,11-13H,1-3H3;9-11,14H,5-8H2,1-4H3;/q-1;;/b;12-9-;. The van der Waals surface area contributed by atoms with Gasteiger partial charge in [-0.3, -0.25) is 4.79 Å². The van der Waals surface area contributed by atoms with E-state index >= 15 is 0 Å². The van der Waals surface area contributed by atoms with Crippen LogP contribution in [0.2, 0.25) is 0 Å². The molecule has 1 N–H and O–H groups in total. The van der Waals surface area contributed by atoms with Crippen LogP contribution in [0.15, 0.2) is 66.6 Å². The van der Waals surface area contributed by atoms with E-state index in [1.165, 1.54) is 37.7 Å². The molecule has 215 valence electrons. The first-order valence-electron chi connectivity index (χ1n) is 14.1. The number of nitrogens with zero attached hydrogens (tertiary/aromatic N) is 1. The number of carbonyl (C=O) groups is 1. The Labute approximate surface area is 258 Å². The Kier molecular flexibility index (Phi) is 13.4. The van der Waals surface area contributed by atoms with E-state index in [1.807, 2.05) is 33.9 Å². The number of ketones is 1. The predicted octanol–water partition coefficient (Wildman–Crippen LogP) is 10.2. The summed E-state index contributed by atoms with van der Waals surface area (Å²) < 4.78 is 1.22. The molecular formula is C35H42IrNO2S-. The van der Waals surface area contributed by atoms with E-state index in [0.29, 0.717) is 0 Å². The molecular weight excluding hydrogens is 691 g/mol. The maximum Gasteiger partial charge on any atom is 0.162 e. The van der Waals surface area contributed by atoms with Gasteiger partial charge >= 0.3 is 0 Å². The van der Waals surface area contributed by atoms with E-state index in [-0.39, 0.29) is 43.5 Å². The quantitative estimate of drug-likeness (QED) is 0.106. The van der Waals surface area contributed by atoms with Crippen molar-refractivity contribution in [1.82, 2.24) is 4.98 Å². The zero-order chi connectivity index (χ0) is 28.5. The first kappa shape index (κ1) is 33.6. The second-order valence-corrected chi connectivity index (χ2v) is 11.4. The molecule has 0 atom stereocenters. The van der Waals surface area contributed by atoms with Crippen LogP contribution in [0.1, 0.15) is 70.1 Å². The summed E-state index contributed by atoms with van der Waals surface area (Å²) in [5, 5.41) is 11.0. The van der Waals surface area contributed by atoms with Crippen LogP contribution in [-0.4, -0.2) is 15.9 Å². The summed E-state index contributed by atoms with van der Waals surface area (Å²) in [6.45, 7) is 14.4. The fourth-order valence-corrected chi connectivity index (χ4v) is 5.78. The molecule has 0 bridgehead atoms. The largest absolute Gasteiger partial charge is 0.512 e. The summed E-state index contributed by atoms with van der Waals surface area (Å²) in [5.41, 5.74) is 7.00. The molecule has 0 saturated carbocycles. The van der Waals surface area contributed by atoms with Crippen LogP contribution in [0.4, 0.5) is 0 Å². The van der Waals surface area contributed by atoms with Crippen molar-refractivity contribution in [3.63, 3.8) is 0 Å². The minimum atomic E-state index is 0. The van der Waals surface area contributed by atoms with Gasteiger partial charge in [0.15, 0.2) is 5.78 Å². The second-order valence-electron chi connectivity index (χ2n) is 10.3. The normalized spacial score (nSPS) is 11.4. The van der Waals surface area contributed by atoms with Gasteiger partial charge in [-0.2, -0.15) is 0 Å². The Morgan fingerprint density at radius 1 is 0.900 bits per heavy atom. The summed E-state index contributed by atoms with van der Waals surface area (Å²) in [5.74, 6) is 0.547. The van der Waals surface area contributed by atoms with Crippen LogP contribution >= 0.6 is 11.3 Å². The average Bonchev–Trinajstić information content (AvgIpc) is 3.34. The molecule has 0 aliphatic rings. The van der Waals surface area contributed by atoms with Gasteiger partial charge < -0.3 is 10.1 Å². The number of rotatable bonds is 9. The van der Waals surface area contributed by atoms with Gasteiger partial charge in [-0.05, 0) is 55.3 Å². The van der Waals surface area contributed by atoms with Crippen LogP contribution in [0.25, 0.3) is 31.8 Å². The predicted molar refractivity (Wildman–Crippen MR) is 167 cm³/mol. The van der Waals surface area contributed by atoms with Gasteiger partial charge in [0.25, 0.3) is 0 Å². The number of aliphatic hydroxyl groups excluding tert-OH is 1. The SMILES string of the molecule is CCC(CC)C(=O)/C=C(\O)C(CC)CC.Cc1[c-]c(-c2cc3cc(-c4ccc(C)cc4)sc3cn2)cc(C)c1.[Ir]. The Balaban J connectivity index is 0.000000307. The summed E-state index contributed by atoms with van der Waals surface area (Å²) in [6.07, 6.45) is 6.89. The third kappa shape index (κ3) is 8.96. The summed E-state index contributed by atoms with van der Waals surface area (Å²) >= 11 is 1.79. The number of aliphatic hydroxyl groups is 1. The molecule has 0 aliphatic heterocycles. The number of carbonyl (C=O) groups excluding carboxylic acids is 1. The smallest absolute Gasteiger partial charge is 0.162 e.